The number of aryl methyl sites for hydroxylation is 1. The second-order valence-corrected chi connectivity index (χ2v) is 3.36. The first-order chi connectivity index (χ1) is 6.27. The van der Waals surface area contributed by atoms with Crippen LogP contribution >= 0.6 is 0 Å². The number of hydrogen-bond acceptors (Lipinski definition) is 2. The molecule has 3 nitrogen and oxygen atoms in total. The molecular formula is C10H12N2O. The highest BCUT2D eigenvalue weighted by Crippen LogP contribution is 2.23. The van der Waals surface area contributed by atoms with E-state index in [0.717, 1.165) is 18.5 Å². The van der Waals surface area contributed by atoms with E-state index in [0.29, 0.717) is 0 Å². The lowest BCUT2D eigenvalue weighted by Crippen LogP contribution is -1.84. The van der Waals surface area contributed by atoms with Gasteiger partial charge < -0.3 is 0 Å². The van der Waals surface area contributed by atoms with Crippen LogP contribution in [0.3, 0.4) is 0 Å². The summed E-state index contributed by atoms with van der Waals surface area (Å²) < 4.78 is 0. The Balaban J connectivity index is 2.26. The molecule has 0 amide bonds. The van der Waals surface area contributed by atoms with Crippen LogP contribution in [0.2, 0.25) is 0 Å². The average Bonchev–Trinajstić information content (AvgIpc) is 2.60. The summed E-state index contributed by atoms with van der Waals surface area (Å²) in [6.07, 6.45) is 6.74. The molecule has 1 aliphatic rings. The Bertz CT molecular complexity index is 363. The molecule has 0 spiro atoms. The molecule has 0 radical (unpaired) electrons. The van der Waals surface area contributed by atoms with E-state index in [2.05, 4.69) is 10.2 Å². The van der Waals surface area contributed by atoms with Crippen molar-refractivity contribution < 1.29 is 4.79 Å². The SMILES string of the molecule is CC(=O)/C=C/c1n[nH]c2c1CCC2. The van der Waals surface area contributed by atoms with Gasteiger partial charge in [-0.05, 0) is 38.3 Å². The normalized spacial score (nSPS) is 15.2. The molecule has 1 heterocycles. The number of fused-ring (bicyclic) bond motifs is 1. The highest BCUT2D eigenvalue weighted by atomic mass is 16.1. The van der Waals surface area contributed by atoms with Crippen molar-refractivity contribution in [2.24, 2.45) is 0 Å². The topological polar surface area (TPSA) is 45.8 Å². The molecular weight excluding hydrogens is 164 g/mol. The van der Waals surface area contributed by atoms with Crippen LogP contribution in [0.15, 0.2) is 6.08 Å². The quantitative estimate of drug-likeness (QED) is 0.694. The van der Waals surface area contributed by atoms with E-state index < -0.39 is 0 Å². The van der Waals surface area contributed by atoms with Crippen molar-refractivity contribution in [3.8, 4) is 0 Å². The zero-order valence-electron chi connectivity index (χ0n) is 7.63. The largest absolute Gasteiger partial charge is 0.295 e. The molecule has 2 rings (SSSR count). The van der Waals surface area contributed by atoms with Gasteiger partial charge in [0.25, 0.3) is 0 Å². The summed E-state index contributed by atoms with van der Waals surface area (Å²) in [5.41, 5.74) is 3.46. The third-order valence-corrected chi connectivity index (χ3v) is 2.31. The van der Waals surface area contributed by atoms with E-state index in [-0.39, 0.29) is 5.78 Å². The minimum absolute atomic E-state index is 0.0646. The zero-order chi connectivity index (χ0) is 9.26. The zero-order valence-corrected chi connectivity index (χ0v) is 7.63. The first-order valence-electron chi connectivity index (χ1n) is 4.52. The number of allylic oxidation sites excluding steroid dienone is 1. The van der Waals surface area contributed by atoms with E-state index in [1.807, 2.05) is 0 Å². The third-order valence-electron chi connectivity index (χ3n) is 2.31. The molecule has 0 atom stereocenters. The number of nitrogens with one attached hydrogen (secondary N) is 1. The van der Waals surface area contributed by atoms with Crippen molar-refractivity contribution in [3.05, 3.63) is 23.0 Å². The molecule has 0 aliphatic heterocycles. The van der Waals surface area contributed by atoms with Gasteiger partial charge in [-0.2, -0.15) is 5.10 Å². The number of ketones is 1. The molecule has 0 bridgehead atoms. The van der Waals surface area contributed by atoms with Crippen molar-refractivity contribution in [1.82, 2.24) is 10.2 Å². The maximum atomic E-state index is 10.7. The molecule has 1 aliphatic carbocycles. The molecule has 0 unspecified atom stereocenters. The summed E-state index contributed by atoms with van der Waals surface area (Å²) >= 11 is 0. The fourth-order valence-corrected chi connectivity index (χ4v) is 1.68. The Morgan fingerprint density at radius 2 is 2.38 bits per heavy atom. The van der Waals surface area contributed by atoms with E-state index in [1.165, 1.54) is 17.7 Å². The van der Waals surface area contributed by atoms with Gasteiger partial charge in [0, 0.05) is 11.3 Å². The summed E-state index contributed by atoms with van der Waals surface area (Å²) in [6, 6.07) is 0. The molecule has 0 aromatic carbocycles. The highest BCUT2D eigenvalue weighted by molar-refractivity contribution is 5.91. The number of aromatic amines is 1. The minimum atomic E-state index is 0.0646. The fourth-order valence-electron chi connectivity index (χ4n) is 1.68. The van der Waals surface area contributed by atoms with Crippen LogP contribution in [-0.2, 0) is 17.6 Å². The molecule has 1 aromatic rings. The molecule has 13 heavy (non-hydrogen) atoms. The lowest BCUT2D eigenvalue weighted by atomic mass is 10.2. The summed E-state index contributed by atoms with van der Waals surface area (Å²) in [5, 5.41) is 7.14. The van der Waals surface area contributed by atoms with Gasteiger partial charge in [0.15, 0.2) is 5.78 Å². The maximum absolute atomic E-state index is 10.7. The Morgan fingerprint density at radius 3 is 3.15 bits per heavy atom. The molecule has 1 aromatic heterocycles. The highest BCUT2D eigenvalue weighted by Gasteiger charge is 2.16. The average molecular weight is 176 g/mol. The Kier molecular flexibility index (Phi) is 2.00. The summed E-state index contributed by atoms with van der Waals surface area (Å²) in [7, 11) is 0. The van der Waals surface area contributed by atoms with Crippen molar-refractivity contribution in [3.63, 3.8) is 0 Å². The van der Waals surface area contributed by atoms with Crippen molar-refractivity contribution in [1.29, 1.82) is 0 Å². The van der Waals surface area contributed by atoms with Crippen molar-refractivity contribution in [2.45, 2.75) is 26.2 Å². The van der Waals surface area contributed by atoms with Crippen LogP contribution in [0.1, 0.15) is 30.3 Å². The van der Waals surface area contributed by atoms with Gasteiger partial charge >= 0.3 is 0 Å². The molecule has 0 fully saturated rings. The fraction of sp³-hybridized carbons (Fsp3) is 0.400. The molecule has 68 valence electrons. The molecule has 0 saturated heterocycles. The number of aromatic nitrogens is 2. The monoisotopic (exact) mass is 176 g/mol. The number of carbonyl (C=O) groups excluding carboxylic acids is 1. The molecule has 1 N–H and O–H groups in total. The Labute approximate surface area is 76.8 Å². The van der Waals surface area contributed by atoms with Crippen LogP contribution in [0.5, 0.6) is 0 Å². The van der Waals surface area contributed by atoms with Gasteiger partial charge in [0.1, 0.15) is 0 Å². The van der Waals surface area contributed by atoms with Crippen LogP contribution < -0.4 is 0 Å². The summed E-state index contributed by atoms with van der Waals surface area (Å²) in [5.74, 6) is 0.0646. The van der Waals surface area contributed by atoms with Crippen LogP contribution in [0.25, 0.3) is 6.08 Å². The number of hydrogen-bond donors (Lipinski definition) is 1. The lowest BCUT2D eigenvalue weighted by Gasteiger charge is -1.88. The van der Waals surface area contributed by atoms with E-state index in [1.54, 1.807) is 19.1 Å². The predicted octanol–water partition coefficient (Wildman–Crippen LogP) is 1.50. The van der Waals surface area contributed by atoms with E-state index >= 15 is 0 Å². The first kappa shape index (κ1) is 8.23. The number of H-pyrrole nitrogens is 1. The van der Waals surface area contributed by atoms with Gasteiger partial charge in [-0.1, -0.05) is 0 Å². The third kappa shape index (κ3) is 1.54. The van der Waals surface area contributed by atoms with E-state index in [9.17, 15) is 4.79 Å². The predicted molar refractivity (Wildman–Crippen MR) is 50.3 cm³/mol. The van der Waals surface area contributed by atoms with Gasteiger partial charge in [-0.15, -0.1) is 0 Å². The summed E-state index contributed by atoms with van der Waals surface area (Å²) in [6.45, 7) is 1.55. The summed E-state index contributed by atoms with van der Waals surface area (Å²) in [4.78, 5) is 10.7. The molecule has 3 heteroatoms. The van der Waals surface area contributed by atoms with Gasteiger partial charge in [-0.25, -0.2) is 0 Å². The van der Waals surface area contributed by atoms with Crippen LogP contribution in [0.4, 0.5) is 0 Å². The minimum Gasteiger partial charge on any atom is -0.295 e. The number of carbonyl (C=O) groups is 1. The standard InChI is InChI=1S/C10H12N2O/c1-7(13)5-6-10-8-3-2-4-9(8)11-12-10/h5-6H,2-4H2,1H3,(H,11,12)/b6-5+. The molecule has 0 saturated carbocycles. The number of nitrogens with zero attached hydrogens (tertiary/aromatic N) is 1. The van der Waals surface area contributed by atoms with Gasteiger partial charge in [-0.3, -0.25) is 9.89 Å². The van der Waals surface area contributed by atoms with E-state index in [4.69, 9.17) is 0 Å². The van der Waals surface area contributed by atoms with Crippen molar-refractivity contribution in [2.75, 3.05) is 0 Å². The Hall–Kier alpha value is -1.38. The smallest absolute Gasteiger partial charge is 0.152 e. The Morgan fingerprint density at radius 1 is 1.54 bits per heavy atom. The van der Waals surface area contributed by atoms with Crippen LogP contribution in [0, 0.1) is 0 Å². The first-order valence-corrected chi connectivity index (χ1v) is 4.52. The second kappa shape index (κ2) is 3.17. The van der Waals surface area contributed by atoms with Gasteiger partial charge in [0.05, 0.1) is 5.69 Å². The van der Waals surface area contributed by atoms with Crippen LogP contribution in [-0.4, -0.2) is 16.0 Å². The lowest BCUT2D eigenvalue weighted by molar-refractivity contribution is -0.112. The maximum Gasteiger partial charge on any atom is 0.152 e. The van der Waals surface area contributed by atoms with Gasteiger partial charge in [0.2, 0.25) is 0 Å². The van der Waals surface area contributed by atoms with Crippen molar-refractivity contribution >= 4 is 11.9 Å². The number of rotatable bonds is 2. The second-order valence-electron chi connectivity index (χ2n) is 3.36.